The molecule has 3 atom stereocenters. The summed E-state index contributed by atoms with van der Waals surface area (Å²) in [5.74, 6) is -1.40. The first kappa shape index (κ1) is 16.2. The lowest BCUT2D eigenvalue weighted by molar-refractivity contribution is -0.170. The molecule has 15 heavy (non-hydrogen) atoms. The molecular formula is C5H10NO8P. The van der Waals surface area contributed by atoms with Crippen LogP contribution in [0, 0.1) is 0 Å². The maximum atomic E-state index is 10.2. The summed E-state index contributed by atoms with van der Waals surface area (Å²) in [6.45, 7) is 1.19. The maximum absolute atomic E-state index is 10.2. The molecular weight excluding hydrogens is 233 g/mol. The summed E-state index contributed by atoms with van der Waals surface area (Å²) in [5.41, 5.74) is 0. The molecule has 0 bridgehead atoms. The molecule has 0 amide bonds. The van der Waals surface area contributed by atoms with Crippen molar-refractivity contribution in [1.82, 2.24) is 5.09 Å². The Morgan fingerprint density at radius 3 is 1.73 bits per heavy atom. The van der Waals surface area contributed by atoms with Crippen molar-refractivity contribution in [2.24, 2.45) is 0 Å². The Morgan fingerprint density at radius 2 is 1.67 bits per heavy atom. The molecule has 5 N–H and O–H groups in total. The zero-order valence-corrected chi connectivity index (χ0v) is 8.42. The van der Waals surface area contributed by atoms with E-state index in [0.29, 0.717) is 0 Å². The summed E-state index contributed by atoms with van der Waals surface area (Å²) in [6, 6.07) is -1.46. The van der Waals surface area contributed by atoms with Crippen molar-refractivity contribution < 1.29 is 39.5 Å². The monoisotopic (exact) mass is 243 g/mol. The first-order valence-electron chi connectivity index (χ1n) is 3.41. The average Bonchev–Trinajstić information content (AvgIpc) is 1.97. The van der Waals surface area contributed by atoms with Crippen LogP contribution in [0.4, 0.5) is 4.79 Å². The van der Waals surface area contributed by atoms with Gasteiger partial charge in [0.05, 0.1) is 6.10 Å². The minimum atomic E-state index is -3.00. The van der Waals surface area contributed by atoms with Gasteiger partial charge in [0.2, 0.25) is 0 Å². The number of rotatable bonds is 4. The Kier molecular flexibility index (Phi) is 8.69. The average molecular weight is 243 g/mol. The first-order valence-corrected chi connectivity index (χ1v) is 4.59. The largest absolute Gasteiger partial charge is 0.578 e. The van der Waals surface area contributed by atoms with E-state index in [1.807, 2.05) is 0 Å². The molecule has 0 aliphatic heterocycles. The van der Waals surface area contributed by atoms with Gasteiger partial charge in [-0.15, -0.1) is 0 Å². The summed E-state index contributed by atoms with van der Waals surface area (Å²) in [5, 5.41) is 32.7. The molecule has 0 aliphatic rings. The number of carboxylic acids is 1. The molecule has 0 aromatic carbocycles. The van der Waals surface area contributed by atoms with E-state index in [0.717, 1.165) is 0 Å². The third kappa shape index (κ3) is 12.7. The number of carboxylic acid groups (broad SMARTS) is 3. The van der Waals surface area contributed by atoms with Crippen molar-refractivity contribution in [1.29, 1.82) is 0 Å². The van der Waals surface area contributed by atoms with E-state index in [9.17, 15) is 14.3 Å². The minimum absolute atomic E-state index is 1.19. The fraction of sp³-hybridized carbons (Fsp3) is 0.600. The molecule has 0 heterocycles. The van der Waals surface area contributed by atoms with Gasteiger partial charge in [0.1, 0.15) is 0 Å². The number of aliphatic hydroxyl groups excluding tert-OH is 1. The van der Waals surface area contributed by atoms with E-state index in [-0.39, 0.29) is 0 Å². The Bertz CT molecular complexity index is 237. The van der Waals surface area contributed by atoms with Crippen LogP contribution in [0.1, 0.15) is 6.92 Å². The summed E-state index contributed by atoms with van der Waals surface area (Å²) >= 11 is 0. The van der Waals surface area contributed by atoms with E-state index in [1.165, 1.54) is 6.92 Å². The maximum Gasteiger partial charge on any atom is 0.503 e. The van der Waals surface area contributed by atoms with Crippen molar-refractivity contribution in [3.8, 4) is 0 Å². The topological polar surface area (TPSA) is 167 Å². The lowest BCUT2D eigenvalue weighted by Crippen LogP contribution is -2.42. The van der Waals surface area contributed by atoms with Crippen molar-refractivity contribution in [2.45, 2.75) is 19.1 Å². The lowest BCUT2D eigenvalue weighted by Gasteiger charge is -2.10. The molecule has 0 fully saturated rings. The van der Waals surface area contributed by atoms with Crippen LogP contribution in [0.3, 0.4) is 0 Å². The van der Waals surface area contributed by atoms with Gasteiger partial charge in [0.25, 0.3) is 0 Å². The molecule has 0 saturated heterocycles. The summed E-state index contributed by atoms with van der Waals surface area (Å²) < 4.78 is 9.97. The zero-order valence-electron chi connectivity index (χ0n) is 7.52. The van der Waals surface area contributed by atoms with Gasteiger partial charge in [0.15, 0.2) is 6.04 Å². The number of aliphatic hydroxyl groups is 1. The van der Waals surface area contributed by atoms with Crippen molar-refractivity contribution in [3.05, 3.63) is 0 Å². The van der Waals surface area contributed by atoms with Crippen LogP contribution < -0.4 is 9.98 Å². The number of carbonyl (C=O) groups is 2. The summed E-state index contributed by atoms with van der Waals surface area (Å²) in [4.78, 5) is 28.7. The van der Waals surface area contributed by atoms with E-state index in [4.69, 9.17) is 25.2 Å². The molecule has 0 spiro atoms. The van der Waals surface area contributed by atoms with Gasteiger partial charge in [-0.1, -0.05) is 9.65 Å². The minimum Gasteiger partial charge on any atom is -0.578 e. The quantitative estimate of drug-likeness (QED) is 0.375. The fourth-order valence-electron chi connectivity index (χ4n) is 0.483. The molecule has 10 heteroatoms. The third-order valence-electron chi connectivity index (χ3n) is 0.993. The molecule has 3 unspecified atom stereocenters. The molecule has 0 aromatic rings. The van der Waals surface area contributed by atoms with Crippen LogP contribution in [0.25, 0.3) is 0 Å². The van der Waals surface area contributed by atoms with Gasteiger partial charge < -0.3 is 25.3 Å². The van der Waals surface area contributed by atoms with Crippen LogP contribution in [-0.4, -0.2) is 44.7 Å². The highest BCUT2D eigenvalue weighted by atomic mass is 31.1. The van der Waals surface area contributed by atoms with Crippen molar-refractivity contribution >= 4 is 20.3 Å². The lowest BCUT2D eigenvalue weighted by atomic mass is 10.2. The molecule has 0 saturated carbocycles. The highest BCUT2D eigenvalue weighted by Crippen LogP contribution is 2.04. The predicted molar refractivity (Wildman–Crippen MR) is 44.5 cm³/mol. The highest BCUT2D eigenvalue weighted by molar-refractivity contribution is 7.34. The first-order chi connectivity index (χ1) is 6.68. The SMILES string of the molecule is CC(O)C(N[P+](=O)[O-])C(=O)O.O=C(O)O. The Hall–Kier alpha value is -1.28. The van der Waals surface area contributed by atoms with Crippen LogP contribution in [-0.2, 0) is 9.36 Å². The van der Waals surface area contributed by atoms with Gasteiger partial charge in [-0.05, 0) is 6.92 Å². The summed E-state index contributed by atoms with van der Waals surface area (Å²) in [7, 11) is -3.00. The number of aliphatic carboxylic acids is 1. The second kappa shape index (κ2) is 8.06. The predicted octanol–water partition coefficient (Wildman–Crippen LogP) is -1.35. The van der Waals surface area contributed by atoms with E-state index < -0.39 is 32.4 Å². The van der Waals surface area contributed by atoms with E-state index in [2.05, 4.69) is 0 Å². The third-order valence-corrected chi connectivity index (χ3v) is 1.48. The summed E-state index contributed by atoms with van der Waals surface area (Å²) in [6.07, 6.45) is -3.08. The Balaban J connectivity index is 0. The molecule has 9 nitrogen and oxygen atoms in total. The van der Waals surface area contributed by atoms with Crippen molar-refractivity contribution in [2.75, 3.05) is 0 Å². The zero-order chi connectivity index (χ0) is 12.6. The van der Waals surface area contributed by atoms with Crippen LogP contribution >= 0.6 is 8.18 Å². The molecule has 0 aliphatic carbocycles. The van der Waals surface area contributed by atoms with E-state index in [1.54, 1.807) is 5.09 Å². The van der Waals surface area contributed by atoms with Crippen LogP contribution in [0.5, 0.6) is 0 Å². The molecule has 88 valence electrons. The number of nitrogens with one attached hydrogen (secondary N) is 1. The molecule has 0 rings (SSSR count). The van der Waals surface area contributed by atoms with Crippen LogP contribution in [0.15, 0.2) is 0 Å². The normalized spacial score (nSPS) is 14.2. The number of hydrogen-bond donors (Lipinski definition) is 5. The van der Waals surface area contributed by atoms with Gasteiger partial charge >= 0.3 is 20.3 Å². The standard InChI is InChI=1S/C4H8NO5P.CH2O3/c1-2(6)3(4(7)8)5-11(9)10;2-1(3)4/h2-3,6H,1H3,(H,7,8)(H,5,9,10);(H2,2,3,4). The Labute approximate surface area is 84.9 Å². The van der Waals surface area contributed by atoms with Crippen molar-refractivity contribution in [3.63, 3.8) is 0 Å². The second-order valence-electron chi connectivity index (χ2n) is 2.23. The Morgan fingerprint density at radius 1 is 1.33 bits per heavy atom. The van der Waals surface area contributed by atoms with Gasteiger partial charge in [0, 0.05) is 0 Å². The fourth-order valence-corrected chi connectivity index (χ4v) is 1.04. The molecule has 0 radical (unpaired) electrons. The highest BCUT2D eigenvalue weighted by Gasteiger charge is 2.27. The van der Waals surface area contributed by atoms with Gasteiger partial charge in [-0.2, -0.15) is 0 Å². The van der Waals surface area contributed by atoms with E-state index >= 15 is 0 Å². The smallest absolute Gasteiger partial charge is 0.503 e. The molecule has 0 aromatic heterocycles. The van der Waals surface area contributed by atoms with Gasteiger partial charge in [-0.3, -0.25) is 4.79 Å². The number of hydrogen-bond acceptors (Lipinski definition) is 5. The van der Waals surface area contributed by atoms with Crippen LogP contribution in [0.2, 0.25) is 0 Å². The second-order valence-corrected chi connectivity index (χ2v) is 3.00. The van der Waals surface area contributed by atoms with Gasteiger partial charge in [-0.25, -0.2) is 4.79 Å².